The second kappa shape index (κ2) is 6.53. The topological polar surface area (TPSA) is 58.0 Å². The number of thioether (sulfide) groups is 1. The molecule has 0 saturated carbocycles. The summed E-state index contributed by atoms with van der Waals surface area (Å²) >= 11 is 5.42. The van der Waals surface area contributed by atoms with Crippen LogP contribution in [0.2, 0.25) is 0 Å². The van der Waals surface area contributed by atoms with Crippen molar-refractivity contribution in [3.05, 3.63) is 52.3 Å². The van der Waals surface area contributed by atoms with Crippen molar-refractivity contribution in [2.45, 2.75) is 24.3 Å². The molecule has 0 radical (unpaired) electrons. The van der Waals surface area contributed by atoms with Gasteiger partial charge in [-0.25, -0.2) is 0 Å². The number of benzene rings is 1. The van der Waals surface area contributed by atoms with Crippen LogP contribution in [-0.2, 0) is 0 Å². The van der Waals surface area contributed by atoms with E-state index in [1.807, 2.05) is 24.3 Å². The van der Waals surface area contributed by atoms with Gasteiger partial charge in [-0.3, -0.25) is 9.98 Å². The molecule has 0 unspecified atom stereocenters. The minimum atomic E-state index is -0.0817. The summed E-state index contributed by atoms with van der Waals surface area (Å²) < 4.78 is 6.17. The lowest BCUT2D eigenvalue weighted by Crippen LogP contribution is -2.28. The van der Waals surface area contributed by atoms with Gasteiger partial charge >= 0.3 is 0 Å². The molecule has 2 aliphatic rings. The summed E-state index contributed by atoms with van der Waals surface area (Å²) in [5.74, 6) is 0.585. The summed E-state index contributed by atoms with van der Waals surface area (Å²) in [5.41, 5.74) is 1.99. The summed E-state index contributed by atoms with van der Waals surface area (Å²) in [6.07, 6.45) is 1.80. The number of methoxy groups -OCH3 is 1. The van der Waals surface area contributed by atoms with Crippen molar-refractivity contribution in [1.29, 1.82) is 0 Å². The van der Waals surface area contributed by atoms with E-state index in [1.165, 1.54) is 0 Å². The van der Waals surface area contributed by atoms with Crippen LogP contribution < -0.4 is 4.74 Å². The number of aliphatic imine (C=N–C) groups is 1. The molecule has 0 aliphatic carbocycles. The molecule has 25 heavy (non-hydrogen) atoms. The molecule has 1 aromatic heterocycles. The quantitative estimate of drug-likeness (QED) is 0.809. The molecule has 1 fully saturated rings. The first-order valence-electron chi connectivity index (χ1n) is 8.07. The molecule has 0 amide bonds. The molecule has 4 rings (SSSR count). The van der Waals surface area contributed by atoms with Crippen LogP contribution in [0.1, 0.15) is 30.3 Å². The van der Waals surface area contributed by atoms with E-state index in [-0.39, 0.29) is 17.8 Å². The number of phenols is 1. The minimum absolute atomic E-state index is 0.0197. The number of fused-ring (bicyclic) bond motifs is 1. The molecule has 0 spiro atoms. The second-order valence-corrected chi connectivity index (χ2v) is 8.44. The average molecular weight is 420 g/mol. The van der Waals surface area contributed by atoms with Crippen molar-refractivity contribution in [3.8, 4) is 11.5 Å². The van der Waals surface area contributed by atoms with Crippen LogP contribution in [0, 0.1) is 0 Å². The van der Waals surface area contributed by atoms with Gasteiger partial charge in [0.05, 0.1) is 18.8 Å². The van der Waals surface area contributed by atoms with Crippen LogP contribution in [0.3, 0.4) is 0 Å². The van der Waals surface area contributed by atoms with Gasteiger partial charge in [0.15, 0.2) is 16.7 Å². The summed E-state index contributed by atoms with van der Waals surface area (Å²) in [4.78, 5) is 11.8. The third kappa shape index (κ3) is 2.89. The van der Waals surface area contributed by atoms with E-state index < -0.39 is 0 Å². The number of halogens is 1. The van der Waals surface area contributed by atoms with Crippen LogP contribution in [-0.4, -0.2) is 39.1 Å². The highest BCUT2D eigenvalue weighted by Crippen LogP contribution is 2.50. The molecule has 2 aromatic rings. The molecule has 1 saturated heterocycles. The summed E-state index contributed by atoms with van der Waals surface area (Å²) in [6.45, 7) is 3.15. The number of phenolic OH excluding ortho intramolecular Hbond substituents is 1. The van der Waals surface area contributed by atoms with Crippen LogP contribution in [0.15, 0.2) is 46.0 Å². The Hall–Kier alpha value is -1.73. The number of hydrogen-bond donors (Lipinski definition) is 1. The fraction of sp³-hybridized carbons (Fsp3) is 0.333. The van der Waals surface area contributed by atoms with Crippen molar-refractivity contribution in [2.24, 2.45) is 4.99 Å². The molecular formula is C18H18BrN3O2S. The molecule has 3 heterocycles. The van der Waals surface area contributed by atoms with Gasteiger partial charge in [0, 0.05) is 22.5 Å². The van der Waals surface area contributed by atoms with Gasteiger partial charge in [-0.05, 0) is 29.8 Å². The minimum Gasteiger partial charge on any atom is -0.504 e. The van der Waals surface area contributed by atoms with Crippen molar-refractivity contribution < 1.29 is 9.84 Å². The van der Waals surface area contributed by atoms with Gasteiger partial charge in [-0.15, -0.1) is 0 Å². The molecule has 0 bridgehead atoms. The Bertz CT molecular complexity index is 831. The Kier molecular flexibility index (Phi) is 4.37. The molecule has 5 nitrogen and oxygen atoms in total. The first-order chi connectivity index (χ1) is 12.1. The Morgan fingerprint density at radius 2 is 2.20 bits per heavy atom. The highest BCUT2D eigenvalue weighted by molar-refractivity contribution is 9.10. The van der Waals surface area contributed by atoms with Gasteiger partial charge < -0.3 is 14.7 Å². The van der Waals surface area contributed by atoms with Crippen LogP contribution in [0.5, 0.6) is 11.5 Å². The smallest absolute Gasteiger partial charge is 0.160 e. The first kappa shape index (κ1) is 16.7. The number of ether oxygens (including phenoxy) is 1. The van der Waals surface area contributed by atoms with E-state index in [0.717, 1.165) is 27.4 Å². The van der Waals surface area contributed by atoms with Gasteiger partial charge in [0.1, 0.15) is 6.04 Å². The summed E-state index contributed by atoms with van der Waals surface area (Å²) in [6, 6.07) is 9.45. The number of hydrogen-bond acceptors (Lipinski definition) is 6. The maximum atomic E-state index is 10.1. The van der Waals surface area contributed by atoms with Gasteiger partial charge in [-0.1, -0.05) is 40.7 Å². The fourth-order valence-corrected chi connectivity index (χ4v) is 5.06. The Balaban J connectivity index is 1.83. The van der Waals surface area contributed by atoms with E-state index in [4.69, 9.17) is 9.73 Å². The standard InChI is InChI=1S/C18H18BrN3O2S/c1-10-9-22-17(11-7-15(24-2)14(23)8-12(11)19)16(21-18(22)25-10)13-5-3-4-6-20-13/h3-8,10,16-17,23H,9H2,1-2H3/t10-,16+,17-/m1/s1. The van der Waals surface area contributed by atoms with Crippen molar-refractivity contribution in [3.63, 3.8) is 0 Å². The first-order valence-corrected chi connectivity index (χ1v) is 9.74. The van der Waals surface area contributed by atoms with Crippen molar-refractivity contribution in [2.75, 3.05) is 13.7 Å². The molecule has 1 aromatic carbocycles. The largest absolute Gasteiger partial charge is 0.504 e. The predicted molar refractivity (Wildman–Crippen MR) is 103 cm³/mol. The third-order valence-corrected chi connectivity index (χ3v) is 6.29. The second-order valence-electron chi connectivity index (χ2n) is 6.18. The fourth-order valence-electron chi connectivity index (χ4n) is 3.40. The average Bonchev–Trinajstić information content (AvgIpc) is 3.12. The summed E-state index contributed by atoms with van der Waals surface area (Å²) in [5, 5.41) is 11.6. The Morgan fingerprint density at radius 3 is 2.92 bits per heavy atom. The maximum absolute atomic E-state index is 10.1. The van der Waals surface area contributed by atoms with E-state index in [2.05, 4.69) is 32.7 Å². The number of amidine groups is 1. The number of aromatic hydroxyl groups is 1. The number of nitrogens with zero attached hydrogens (tertiary/aromatic N) is 3. The zero-order valence-corrected chi connectivity index (χ0v) is 16.3. The zero-order chi connectivity index (χ0) is 17.6. The Morgan fingerprint density at radius 1 is 1.36 bits per heavy atom. The van der Waals surface area contributed by atoms with Gasteiger partial charge in [0.2, 0.25) is 0 Å². The van der Waals surface area contributed by atoms with Crippen LogP contribution in [0.4, 0.5) is 0 Å². The zero-order valence-electron chi connectivity index (χ0n) is 13.9. The molecule has 3 atom stereocenters. The van der Waals surface area contributed by atoms with Crippen molar-refractivity contribution >= 4 is 32.9 Å². The molecule has 2 aliphatic heterocycles. The van der Waals surface area contributed by atoms with E-state index in [9.17, 15) is 5.11 Å². The number of aromatic nitrogens is 1. The molecular weight excluding hydrogens is 402 g/mol. The highest BCUT2D eigenvalue weighted by atomic mass is 79.9. The van der Waals surface area contributed by atoms with E-state index in [0.29, 0.717) is 11.0 Å². The lowest BCUT2D eigenvalue weighted by molar-refractivity contribution is 0.317. The van der Waals surface area contributed by atoms with E-state index in [1.54, 1.807) is 31.1 Å². The van der Waals surface area contributed by atoms with Crippen LogP contribution in [0.25, 0.3) is 0 Å². The SMILES string of the molecule is COc1cc([C@@H]2[C@H](c3ccccn3)N=C3S[C@H](C)CN32)c(Br)cc1O. The number of rotatable bonds is 3. The monoisotopic (exact) mass is 419 g/mol. The van der Waals surface area contributed by atoms with Gasteiger partial charge in [-0.2, -0.15) is 0 Å². The third-order valence-electron chi connectivity index (χ3n) is 4.50. The van der Waals surface area contributed by atoms with Crippen molar-refractivity contribution in [1.82, 2.24) is 9.88 Å². The summed E-state index contributed by atoms with van der Waals surface area (Å²) in [7, 11) is 1.56. The molecule has 7 heteroatoms. The predicted octanol–water partition coefficient (Wildman–Crippen LogP) is 4.15. The lowest BCUT2D eigenvalue weighted by atomic mass is 9.96. The lowest BCUT2D eigenvalue weighted by Gasteiger charge is -2.28. The normalized spacial score (nSPS) is 25.0. The van der Waals surface area contributed by atoms with Crippen LogP contribution >= 0.6 is 27.7 Å². The molecule has 1 N–H and O–H groups in total. The molecule has 130 valence electrons. The van der Waals surface area contributed by atoms with Gasteiger partial charge in [0.25, 0.3) is 0 Å². The highest BCUT2D eigenvalue weighted by Gasteiger charge is 2.44. The number of pyridine rings is 1. The Labute approximate surface area is 159 Å². The van der Waals surface area contributed by atoms with E-state index >= 15 is 0 Å². The maximum Gasteiger partial charge on any atom is 0.160 e.